The molecule has 2 aromatic carbocycles. The van der Waals surface area contributed by atoms with Crippen molar-refractivity contribution < 1.29 is 19.2 Å². The van der Waals surface area contributed by atoms with Gasteiger partial charge >= 0.3 is 11.8 Å². The standard InChI is InChI=1S/C17H12N2O4/c1-18-16(22)17(23)19-9-6-7-12-13(8-9)15(21)11-5-3-2-4-10(11)14(12)20/h2-8H,1H3,(H,18,22)(H,19,23). The van der Waals surface area contributed by atoms with Crippen LogP contribution in [0.1, 0.15) is 31.8 Å². The molecule has 0 heterocycles. The molecular weight excluding hydrogens is 296 g/mol. The van der Waals surface area contributed by atoms with Crippen LogP contribution in [-0.2, 0) is 9.59 Å². The highest BCUT2D eigenvalue weighted by molar-refractivity contribution is 6.39. The fourth-order valence-electron chi connectivity index (χ4n) is 2.48. The minimum Gasteiger partial charge on any atom is -0.351 e. The van der Waals surface area contributed by atoms with Crippen LogP contribution in [0.25, 0.3) is 0 Å². The fraction of sp³-hybridized carbons (Fsp3) is 0.0588. The molecule has 0 fully saturated rings. The Morgan fingerprint density at radius 3 is 1.96 bits per heavy atom. The number of nitrogens with one attached hydrogen (secondary N) is 2. The van der Waals surface area contributed by atoms with E-state index in [0.29, 0.717) is 11.1 Å². The van der Waals surface area contributed by atoms with Gasteiger partial charge < -0.3 is 10.6 Å². The summed E-state index contributed by atoms with van der Waals surface area (Å²) in [5.74, 6) is -2.16. The van der Waals surface area contributed by atoms with Crippen LogP contribution in [0.2, 0.25) is 0 Å². The molecule has 2 N–H and O–H groups in total. The van der Waals surface area contributed by atoms with Gasteiger partial charge in [0.25, 0.3) is 0 Å². The van der Waals surface area contributed by atoms with Crippen LogP contribution in [0, 0.1) is 0 Å². The van der Waals surface area contributed by atoms with Crippen molar-refractivity contribution in [3.63, 3.8) is 0 Å². The van der Waals surface area contributed by atoms with Gasteiger partial charge in [0.15, 0.2) is 11.6 Å². The van der Waals surface area contributed by atoms with Crippen LogP contribution >= 0.6 is 0 Å². The number of carbonyl (C=O) groups excluding carboxylic acids is 4. The third-order valence-corrected chi connectivity index (χ3v) is 3.62. The molecule has 0 aromatic heterocycles. The Morgan fingerprint density at radius 1 is 0.783 bits per heavy atom. The summed E-state index contributed by atoms with van der Waals surface area (Å²) in [5, 5.41) is 4.59. The van der Waals surface area contributed by atoms with Gasteiger partial charge in [-0.25, -0.2) is 0 Å². The summed E-state index contributed by atoms with van der Waals surface area (Å²) in [6.45, 7) is 0. The number of amides is 2. The second-order valence-corrected chi connectivity index (χ2v) is 5.00. The molecule has 0 spiro atoms. The number of benzene rings is 2. The summed E-state index contributed by atoms with van der Waals surface area (Å²) in [5.41, 5.74) is 1.47. The van der Waals surface area contributed by atoms with Crippen molar-refractivity contribution >= 4 is 29.1 Å². The predicted molar refractivity (Wildman–Crippen MR) is 82.4 cm³/mol. The van der Waals surface area contributed by atoms with E-state index in [1.807, 2.05) is 0 Å². The molecule has 0 aliphatic heterocycles. The van der Waals surface area contributed by atoms with Crippen molar-refractivity contribution in [2.45, 2.75) is 0 Å². The smallest absolute Gasteiger partial charge is 0.313 e. The van der Waals surface area contributed by atoms with Gasteiger partial charge in [0, 0.05) is 35.0 Å². The second-order valence-electron chi connectivity index (χ2n) is 5.00. The predicted octanol–water partition coefficient (Wildman–Crippen LogP) is 1.15. The summed E-state index contributed by atoms with van der Waals surface area (Å²) < 4.78 is 0. The zero-order valence-corrected chi connectivity index (χ0v) is 12.2. The Labute approximate surface area is 131 Å². The van der Waals surface area contributed by atoms with Crippen LogP contribution in [0.4, 0.5) is 5.69 Å². The first kappa shape index (κ1) is 14.6. The Morgan fingerprint density at radius 2 is 1.35 bits per heavy atom. The first-order chi connectivity index (χ1) is 11.0. The van der Waals surface area contributed by atoms with E-state index in [9.17, 15) is 19.2 Å². The molecule has 0 saturated heterocycles. The van der Waals surface area contributed by atoms with Crippen LogP contribution in [0.15, 0.2) is 42.5 Å². The number of likely N-dealkylation sites (N-methyl/N-ethyl adjacent to an activating group) is 1. The molecule has 114 valence electrons. The highest BCUT2D eigenvalue weighted by atomic mass is 16.2. The van der Waals surface area contributed by atoms with E-state index in [0.717, 1.165) is 0 Å². The van der Waals surface area contributed by atoms with E-state index in [1.165, 1.54) is 25.2 Å². The first-order valence-corrected chi connectivity index (χ1v) is 6.88. The van der Waals surface area contributed by atoms with Gasteiger partial charge in [-0.15, -0.1) is 0 Å². The molecule has 3 rings (SSSR count). The zero-order chi connectivity index (χ0) is 16.6. The van der Waals surface area contributed by atoms with Crippen molar-refractivity contribution in [2.75, 3.05) is 12.4 Å². The molecule has 0 bridgehead atoms. The monoisotopic (exact) mass is 308 g/mol. The first-order valence-electron chi connectivity index (χ1n) is 6.88. The molecule has 2 aromatic rings. The Bertz CT molecular complexity index is 871. The number of ketones is 2. The normalized spacial score (nSPS) is 12.2. The average molecular weight is 308 g/mol. The molecule has 0 radical (unpaired) electrons. The maximum absolute atomic E-state index is 12.5. The van der Waals surface area contributed by atoms with Gasteiger partial charge in [-0.3, -0.25) is 19.2 Å². The van der Waals surface area contributed by atoms with Crippen molar-refractivity contribution in [2.24, 2.45) is 0 Å². The lowest BCUT2D eigenvalue weighted by Crippen LogP contribution is -2.32. The molecule has 1 aliphatic carbocycles. The van der Waals surface area contributed by atoms with Crippen LogP contribution in [0.3, 0.4) is 0 Å². The third kappa shape index (κ3) is 2.40. The lowest BCUT2D eigenvalue weighted by Gasteiger charge is -2.18. The highest BCUT2D eigenvalue weighted by Crippen LogP contribution is 2.29. The van der Waals surface area contributed by atoms with E-state index in [1.54, 1.807) is 24.3 Å². The molecule has 0 atom stereocenters. The Kier molecular flexibility index (Phi) is 3.50. The highest BCUT2D eigenvalue weighted by Gasteiger charge is 2.29. The van der Waals surface area contributed by atoms with Crippen LogP contribution in [0.5, 0.6) is 0 Å². The summed E-state index contributed by atoms with van der Waals surface area (Å²) >= 11 is 0. The number of anilines is 1. The van der Waals surface area contributed by atoms with Gasteiger partial charge in [0.1, 0.15) is 0 Å². The minimum atomic E-state index is -0.845. The zero-order valence-electron chi connectivity index (χ0n) is 12.2. The number of carbonyl (C=O) groups is 4. The molecule has 2 amide bonds. The number of hydrogen-bond donors (Lipinski definition) is 2. The number of rotatable bonds is 1. The van der Waals surface area contributed by atoms with E-state index in [2.05, 4.69) is 10.6 Å². The van der Waals surface area contributed by atoms with Gasteiger partial charge in [-0.05, 0) is 18.2 Å². The lowest BCUT2D eigenvalue weighted by molar-refractivity contribution is -0.135. The molecule has 0 unspecified atom stereocenters. The number of fused-ring (bicyclic) bond motifs is 2. The van der Waals surface area contributed by atoms with Gasteiger partial charge in [-0.1, -0.05) is 24.3 Å². The average Bonchev–Trinajstić information content (AvgIpc) is 2.58. The van der Waals surface area contributed by atoms with Crippen LogP contribution in [-0.4, -0.2) is 30.4 Å². The van der Waals surface area contributed by atoms with E-state index in [-0.39, 0.29) is 28.4 Å². The molecule has 0 saturated carbocycles. The van der Waals surface area contributed by atoms with Crippen molar-refractivity contribution in [1.29, 1.82) is 0 Å². The number of hydrogen-bond acceptors (Lipinski definition) is 4. The minimum absolute atomic E-state index is 0.211. The summed E-state index contributed by atoms with van der Waals surface area (Å²) in [4.78, 5) is 47.8. The largest absolute Gasteiger partial charge is 0.351 e. The summed E-state index contributed by atoms with van der Waals surface area (Å²) in [6.07, 6.45) is 0. The third-order valence-electron chi connectivity index (χ3n) is 3.62. The second kappa shape index (κ2) is 5.49. The van der Waals surface area contributed by atoms with Crippen molar-refractivity contribution in [3.05, 3.63) is 64.7 Å². The maximum Gasteiger partial charge on any atom is 0.313 e. The molecule has 6 heteroatoms. The Hall–Kier alpha value is -3.28. The van der Waals surface area contributed by atoms with Gasteiger partial charge in [0.2, 0.25) is 0 Å². The summed E-state index contributed by atoms with van der Waals surface area (Å²) in [6, 6.07) is 11.0. The fourth-order valence-corrected chi connectivity index (χ4v) is 2.48. The maximum atomic E-state index is 12.5. The van der Waals surface area contributed by atoms with E-state index >= 15 is 0 Å². The van der Waals surface area contributed by atoms with Gasteiger partial charge in [0.05, 0.1) is 0 Å². The van der Waals surface area contributed by atoms with Crippen molar-refractivity contribution in [1.82, 2.24) is 5.32 Å². The van der Waals surface area contributed by atoms with E-state index < -0.39 is 11.8 Å². The molecular formula is C17H12N2O4. The molecule has 23 heavy (non-hydrogen) atoms. The SMILES string of the molecule is CNC(=O)C(=O)Nc1ccc2c(c1)C(=O)c1ccccc1C2=O. The van der Waals surface area contributed by atoms with Crippen molar-refractivity contribution in [3.8, 4) is 0 Å². The van der Waals surface area contributed by atoms with E-state index in [4.69, 9.17) is 0 Å². The van der Waals surface area contributed by atoms with Crippen LogP contribution < -0.4 is 10.6 Å². The Balaban J connectivity index is 2.01. The lowest BCUT2D eigenvalue weighted by atomic mass is 9.84. The van der Waals surface area contributed by atoms with Gasteiger partial charge in [-0.2, -0.15) is 0 Å². The summed E-state index contributed by atoms with van der Waals surface area (Å²) in [7, 11) is 1.34. The molecule has 6 nitrogen and oxygen atoms in total. The topological polar surface area (TPSA) is 92.3 Å². The quantitative estimate of drug-likeness (QED) is 0.660. The molecule has 1 aliphatic rings.